The molecule has 0 saturated carbocycles. The van der Waals surface area contributed by atoms with Gasteiger partial charge in [0, 0.05) is 13.3 Å². The molecule has 0 bridgehead atoms. The average Bonchev–Trinajstić information content (AvgIpc) is 2.51. The van der Waals surface area contributed by atoms with Gasteiger partial charge in [0.2, 0.25) is 5.84 Å². The van der Waals surface area contributed by atoms with Gasteiger partial charge in [-0.2, -0.15) is 0 Å². The Labute approximate surface area is 125 Å². The van der Waals surface area contributed by atoms with Crippen LogP contribution in [0.25, 0.3) is 0 Å². The van der Waals surface area contributed by atoms with Gasteiger partial charge in [-0.05, 0) is 24.8 Å². The van der Waals surface area contributed by atoms with Crippen LogP contribution in [0.15, 0.2) is 35.3 Å². The maximum atomic E-state index is 11.3. The molecule has 1 aromatic rings. The van der Waals surface area contributed by atoms with Crippen molar-refractivity contribution in [3.8, 4) is 0 Å². The van der Waals surface area contributed by atoms with E-state index in [1.54, 1.807) is 14.0 Å². The Kier molecular flexibility index (Phi) is 7.32. The quantitative estimate of drug-likeness (QED) is 0.497. The summed E-state index contributed by atoms with van der Waals surface area (Å²) in [7, 11) is 1.59. The zero-order valence-corrected chi connectivity index (χ0v) is 12.7. The van der Waals surface area contributed by atoms with Gasteiger partial charge in [-0.1, -0.05) is 37.3 Å². The number of carbonyl (C=O) groups is 1. The Morgan fingerprint density at radius 2 is 2.05 bits per heavy atom. The molecule has 0 aliphatic carbocycles. The van der Waals surface area contributed by atoms with Crippen molar-refractivity contribution in [2.24, 2.45) is 4.99 Å². The predicted octanol–water partition coefficient (Wildman–Crippen LogP) is 2.81. The summed E-state index contributed by atoms with van der Waals surface area (Å²) in [5, 5.41) is 7.48. The molecule has 2 atom stereocenters. The van der Waals surface area contributed by atoms with Gasteiger partial charge in [0.15, 0.2) is 0 Å². The summed E-state index contributed by atoms with van der Waals surface area (Å²) in [6.07, 6.45) is 1.95. The summed E-state index contributed by atoms with van der Waals surface area (Å²) < 4.78 is 10.0. The fraction of sp³-hybridized carbons (Fsp3) is 0.438. The maximum absolute atomic E-state index is 11.3. The second-order valence-electron chi connectivity index (χ2n) is 4.67. The highest BCUT2D eigenvalue weighted by atomic mass is 16.5. The smallest absolute Gasteiger partial charge is 0.375 e. The first-order chi connectivity index (χ1) is 10.1. The Morgan fingerprint density at radius 3 is 2.62 bits per heavy atom. The van der Waals surface area contributed by atoms with Crippen molar-refractivity contribution in [3.63, 3.8) is 0 Å². The molecule has 1 rings (SSSR count). The second kappa shape index (κ2) is 9.02. The summed E-state index contributed by atoms with van der Waals surface area (Å²) >= 11 is 0. The van der Waals surface area contributed by atoms with Crippen LogP contribution in [0.5, 0.6) is 0 Å². The molecule has 1 aromatic carbocycles. The van der Waals surface area contributed by atoms with Crippen LogP contribution >= 0.6 is 0 Å². The lowest BCUT2D eigenvalue weighted by molar-refractivity contribution is -0.135. The molecule has 114 valence electrons. The molecule has 0 saturated heterocycles. The van der Waals surface area contributed by atoms with E-state index in [1.807, 2.05) is 18.2 Å². The lowest BCUT2D eigenvalue weighted by atomic mass is 9.95. The minimum Gasteiger partial charge on any atom is -0.460 e. The van der Waals surface area contributed by atoms with Crippen molar-refractivity contribution < 1.29 is 14.3 Å². The molecule has 0 spiro atoms. The van der Waals surface area contributed by atoms with Crippen LogP contribution in [-0.4, -0.2) is 37.8 Å². The zero-order valence-electron chi connectivity index (χ0n) is 12.7. The van der Waals surface area contributed by atoms with E-state index in [2.05, 4.69) is 24.0 Å². The largest absolute Gasteiger partial charge is 0.460 e. The Hall–Kier alpha value is -2.01. The molecule has 0 aliphatic rings. The van der Waals surface area contributed by atoms with Crippen LogP contribution in [0.1, 0.15) is 31.7 Å². The fourth-order valence-electron chi connectivity index (χ4n) is 1.89. The molecular weight excluding hydrogens is 268 g/mol. The first-order valence-corrected chi connectivity index (χ1v) is 6.96. The van der Waals surface area contributed by atoms with E-state index in [1.165, 1.54) is 11.8 Å². The minimum absolute atomic E-state index is 0.232. The standard InChI is InChI=1S/C16H22N2O3/c1-4-21-16(19)15(17)18-11-14(20-3)10-12(2)13-8-6-5-7-9-13/h5-9,11-12,14,17H,4,10H2,1-3H3/b17-15?,18-11+/t12-,14-/m0/s1. The topological polar surface area (TPSA) is 71.7 Å². The molecule has 0 unspecified atom stereocenters. The third kappa shape index (κ3) is 5.87. The number of ether oxygens (including phenoxy) is 2. The Bertz CT molecular complexity index is 486. The Morgan fingerprint density at radius 1 is 1.38 bits per heavy atom. The van der Waals surface area contributed by atoms with Crippen molar-refractivity contribution in [1.29, 1.82) is 5.41 Å². The summed E-state index contributed by atoms with van der Waals surface area (Å²) in [5.74, 6) is -0.842. The van der Waals surface area contributed by atoms with E-state index in [4.69, 9.17) is 14.9 Å². The number of nitrogens with one attached hydrogen (secondary N) is 1. The number of esters is 1. The molecule has 0 aromatic heterocycles. The van der Waals surface area contributed by atoms with E-state index >= 15 is 0 Å². The molecule has 0 aliphatic heterocycles. The van der Waals surface area contributed by atoms with Gasteiger partial charge in [0.25, 0.3) is 0 Å². The lowest BCUT2D eigenvalue weighted by Gasteiger charge is -2.16. The summed E-state index contributed by atoms with van der Waals surface area (Å²) in [6, 6.07) is 10.1. The van der Waals surface area contributed by atoms with Crippen LogP contribution in [0.4, 0.5) is 0 Å². The van der Waals surface area contributed by atoms with Gasteiger partial charge in [0.1, 0.15) is 0 Å². The molecule has 21 heavy (non-hydrogen) atoms. The molecule has 0 fully saturated rings. The van der Waals surface area contributed by atoms with Gasteiger partial charge in [-0.3, -0.25) is 5.41 Å². The van der Waals surface area contributed by atoms with Crippen molar-refractivity contribution in [1.82, 2.24) is 0 Å². The van der Waals surface area contributed by atoms with Crippen LogP contribution in [0.3, 0.4) is 0 Å². The first-order valence-electron chi connectivity index (χ1n) is 6.96. The Balaban J connectivity index is 2.59. The first kappa shape index (κ1) is 17.0. The number of hydrogen-bond donors (Lipinski definition) is 1. The fourth-order valence-corrected chi connectivity index (χ4v) is 1.89. The summed E-state index contributed by atoms with van der Waals surface area (Å²) in [5.41, 5.74) is 1.22. The van der Waals surface area contributed by atoms with Crippen LogP contribution < -0.4 is 0 Å². The third-order valence-corrected chi connectivity index (χ3v) is 3.10. The van der Waals surface area contributed by atoms with E-state index in [0.29, 0.717) is 5.92 Å². The SMILES string of the molecule is CCOC(=O)C(=N)/N=C/[C@H](C[C@H](C)c1ccccc1)OC. The third-order valence-electron chi connectivity index (χ3n) is 3.10. The van der Waals surface area contributed by atoms with Gasteiger partial charge in [0.05, 0.1) is 12.7 Å². The predicted molar refractivity (Wildman–Crippen MR) is 83.1 cm³/mol. The van der Waals surface area contributed by atoms with E-state index in [-0.39, 0.29) is 12.7 Å². The van der Waals surface area contributed by atoms with E-state index in [0.717, 1.165) is 6.42 Å². The number of amidine groups is 1. The number of rotatable bonds is 6. The van der Waals surface area contributed by atoms with Gasteiger partial charge >= 0.3 is 5.97 Å². The second-order valence-corrected chi connectivity index (χ2v) is 4.67. The lowest BCUT2D eigenvalue weighted by Crippen LogP contribution is -2.19. The minimum atomic E-state index is -0.722. The molecule has 5 nitrogen and oxygen atoms in total. The van der Waals surface area contributed by atoms with Crippen LogP contribution in [0.2, 0.25) is 0 Å². The van der Waals surface area contributed by atoms with Crippen LogP contribution in [0, 0.1) is 5.41 Å². The number of nitrogens with zero attached hydrogens (tertiary/aromatic N) is 1. The number of aliphatic imine (C=N–C) groups is 1. The van der Waals surface area contributed by atoms with Crippen molar-refractivity contribution in [2.75, 3.05) is 13.7 Å². The van der Waals surface area contributed by atoms with Crippen molar-refractivity contribution >= 4 is 18.0 Å². The molecule has 0 amide bonds. The normalized spacial score (nSPS) is 13.9. The molecule has 1 N–H and O–H groups in total. The average molecular weight is 290 g/mol. The van der Waals surface area contributed by atoms with Crippen molar-refractivity contribution in [2.45, 2.75) is 32.3 Å². The molecule has 5 heteroatoms. The van der Waals surface area contributed by atoms with Gasteiger partial charge in [-0.25, -0.2) is 9.79 Å². The zero-order chi connectivity index (χ0) is 15.7. The van der Waals surface area contributed by atoms with Crippen LogP contribution in [-0.2, 0) is 14.3 Å². The van der Waals surface area contributed by atoms with E-state index in [9.17, 15) is 4.79 Å². The molecular formula is C16H22N2O3. The highest BCUT2D eigenvalue weighted by molar-refractivity contribution is 6.35. The van der Waals surface area contributed by atoms with Gasteiger partial charge in [-0.15, -0.1) is 0 Å². The number of carbonyl (C=O) groups excluding carboxylic acids is 1. The van der Waals surface area contributed by atoms with E-state index < -0.39 is 11.8 Å². The monoisotopic (exact) mass is 290 g/mol. The molecule has 0 radical (unpaired) electrons. The summed E-state index contributed by atoms with van der Waals surface area (Å²) in [6.45, 7) is 4.02. The van der Waals surface area contributed by atoms with Gasteiger partial charge < -0.3 is 9.47 Å². The summed E-state index contributed by atoms with van der Waals surface area (Å²) in [4.78, 5) is 15.1. The maximum Gasteiger partial charge on any atom is 0.375 e. The highest BCUT2D eigenvalue weighted by Crippen LogP contribution is 2.20. The highest BCUT2D eigenvalue weighted by Gasteiger charge is 2.14. The number of methoxy groups -OCH3 is 1. The van der Waals surface area contributed by atoms with Crippen molar-refractivity contribution in [3.05, 3.63) is 35.9 Å². The molecule has 0 heterocycles. The number of hydrogen-bond acceptors (Lipinski definition) is 4. The number of benzene rings is 1.